The van der Waals surface area contributed by atoms with E-state index in [-0.39, 0.29) is 35.1 Å². The number of carbonyl (C=O) groups excluding carboxylic acids is 2. The van der Waals surface area contributed by atoms with Crippen molar-refractivity contribution in [2.45, 2.75) is 37.7 Å². The van der Waals surface area contributed by atoms with Gasteiger partial charge in [-0.05, 0) is 43.5 Å². The number of allylic oxidation sites excluding steroid dienone is 3. The lowest BCUT2D eigenvalue weighted by Gasteiger charge is -2.43. The summed E-state index contributed by atoms with van der Waals surface area (Å²) in [6.45, 7) is 4.01. The van der Waals surface area contributed by atoms with E-state index < -0.39 is 0 Å². The van der Waals surface area contributed by atoms with Crippen LogP contribution in [0.1, 0.15) is 26.7 Å². The van der Waals surface area contributed by atoms with Crippen LogP contribution in [0.5, 0.6) is 0 Å². The number of hydrogen-bond donors (Lipinski definition) is 0. The smallest absolute Gasteiger partial charge is 0.310 e. The highest BCUT2D eigenvalue weighted by Crippen LogP contribution is 2.53. The number of fused-ring (bicyclic) bond motifs is 3. The van der Waals surface area contributed by atoms with Crippen LogP contribution in [0.3, 0.4) is 0 Å². The van der Waals surface area contributed by atoms with Crippen molar-refractivity contribution in [3.63, 3.8) is 0 Å². The molecular formula is C21H21ClO3S. The maximum Gasteiger partial charge on any atom is 0.310 e. The van der Waals surface area contributed by atoms with Gasteiger partial charge in [0.15, 0.2) is 5.78 Å². The summed E-state index contributed by atoms with van der Waals surface area (Å²) >= 11 is 7.84. The third-order valence-corrected chi connectivity index (χ3v) is 7.61. The first kappa shape index (κ1) is 17.9. The minimum Gasteiger partial charge on any atom is -0.457 e. The Morgan fingerprint density at radius 2 is 2.08 bits per heavy atom. The molecule has 136 valence electrons. The summed E-state index contributed by atoms with van der Waals surface area (Å²) < 4.78 is 5.82. The molecule has 1 heterocycles. The second-order valence-electron chi connectivity index (χ2n) is 7.56. The monoisotopic (exact) mass is 388 g/mol. The predicted octanol–water partition coefficient (Wildman–Crippen LogP) is 4.85. The Balaban J connectivity index is 1.58. The van der Waals surface area contributed by atoms with Crippen LogP contribution in [0.15, 0.2) is 52.5 Å². The standard InChI is InChI=1S/C21H21ClO3S/c1-12-16(23)8-10-21(2)9-7-13-14(20(24)25-19(13)18(12)21)11-26-17-6-4-3-5-15(17)22/h3-6,8,10,13-14,19H,7,9,11H2,1-2H3/t13-,14-,19-,21-/m0/s1. The number of rotatable bonds is 3. The molecule has 1 aromatic rings. The summed E-state index contributed by atoms with van der Waals surface area (Å²) in [7, 11) is 0. The Kier molecular flexibility index (Phi) is 4.52. The first-order chi connectivity index (χ1) is 12.4. The zero-order chi connectivity index (χ0) is 18.5. The molecule has 0 N–H and O–H groups in total. The largest absolute Gasteiger partial charge is 0.457 e. The maximum absolute atomic E-state index is 12.6. The Morgan fingerprint density at radius 3 is 2.85 bits per heavy atom. The number of ketones is 1. The number of benzene rings is 1. The summed E-state index contributed by atoms with van der Waals surface area (Å²) in [6, 6.07) is 7.68. The Labute approximate surface area is 162 Å². The van der Waals surface area contributed by atoms with E-state index in [1.165, 1.54) is 0 Å². The van der Waals surface area contributed by atoms with Crippen LogP contribution < -0.4 is 0 Å². The zero-order valence-corrected chi connectivity index (χ0v) is 16.4. The molecule has 2 aliphatic carbocycles. The van der Waals surface area contributed by atoms with Gasteiger partial charge in [-0.3, -0.25) is 9.59 Å². The van der Waals surface area contributed by atoms with E-state index in [1.54, 1.807) is 17.8 Å². The van der Waals surface area contributed by atoms with Crippen LogP contribution in [-0.4, -0.2) is 23.6 Å². The third kappa shape index (κ3) is 2.84. The minimum absolute atomic E-state index is 0.0306. The second-order valence-corrected chi connectivity index (χ2v) is 9.03. The third-order valence-electron chi connectivity index (χ3n) is 5.98. The van der Waals surface area contributed by atoms with Crippen molar-refractivity contribution < 1.29 is 14.3 Å². The highest BCUT2D eigenvalue weighted by Gasteiger charge is 2.54. The lowest BCUT2D eigenvalue weighted by Crippen LogP contribution is -2.40. The average molecular weight is 389 g/mol. The number of esters is 1. The average Bonchev–Trinajstić information content (AvgIpc) is 2.93. The van der Waals surface area contributed by atoms with Gasteiger partial charge < -0.3 is 4.74 Å². The predicted molar refractivity (Wildman–Crippen MR) is 103 cm³/mol. The molecule has 0 radical (unpaired) electrons. The topological polar surface area (TPSA) is 43.4 Å². The first-order valence-corrected chi connectivity index (χ1v) is 10.3. The van der Waals surface area contributed by atoms with Gasteiger partial charge >= 0.3 is 5.97 Å². The van der Waals surface area contributed by atoms with Crippen LogP contribution in [0, 0.1) is 17.3 Å². The molecule has 1 aromatic carbocycles. The Morgan fingerprint density at radius 1 is 1.31 bits per heavy atom. The molecular weight excluding hydrogens is 368 g/mol. The van der Waals surface area contributed by atoms with E-state index >= 15 is 0 Å². The van der Waals surface area contributed by atoms with Crippen molar-refractivity contribution in [1.29, 1.82) is 0 Å². The number of thioether (sulfide) groups is 1. The fourth-order valence-corrected chi connectivity index (χ4v) is 5.93. The van der Waals surface area contributed by atoms with Gasteiger partial charge in [0.2, 0.25) is 0 Å². The second kappa shape index (κ2) is 6.58. The van der Waals surface area contributed by atoms with Crippen molar-refractivity contribution in [2.24, 2.45) is 17.3 Å². The summed E-state index contributed by atoms with van der Waals surface area (Å²) in [4.78, 5) is 25.8. The molecule has 2 fully saturated rings. The van der Waals surface area contributed by atoms with Crippen LogP contribution in [0.2, 0.25) is 5.02 Å². The van der Waals surface area contributed by atoms with Crippen molar-refractivity contribution in [2.75, 3.05) is 5.75 Å². The van der Waals surface area contributed by atoms with Crippen LogP contribution in [-0.2, 0) is 14.3 Å². The van der Waals surface area contributed by atoms with Gasteiger partial charge in [0.1, 0.15) is 6.10 Å². The van der Waals surface area contributed by atoms with Crippen molar-refractivity contribution in [1.82, 2.24) is 0 Å². The number of ether oxygens (including phenoxy) is 1. The van der Waals surface area contributed by atoms with E-state index in [2.05, 4.69) is 6.92 Å². The van der Waals surface area contributed by atoms with E-state index in [0.29, 0.717) is 10.8 Å². The van der Waals surface area contributed by atoms with E-state index in [4.69, 9.17) is 16.3 Å². The highest BCUT2D eigenvalue weighted by atomic mass is 35.5. The Bertz CT molecular complexity index is 843. The lowest BCUT2D eigenvalue weighted by atomic mass is 9.62. The molecule has 4 rings (SSSR count). The van der Waals surface area contributed by atoms with Crippen molar-refractivity contribution >= 4 is 35.1 Å². The van der Waals surface area contributed by atoms with Gasteiger partial charge in [-0.25, -0.2) is 0 Å². The molecule has 0 spiro atoms. The zero-order valence-electron chi connectivity index (χ0n) is 14.8. The molecule has 0 amide bonds. The number of halogens is 1. The first-order valence-electron chi connectivity index (χ1n) is 8.93. The van der Waals surface area contributed by atoms with Gasteiger partial charge in [-0.1, -0.05) is 36.7 Å². The van der Waals surface area contributed by atoms with E-state index in [0.717, 1.165) is 28.9 Å². The normalized spacial score (nSPS) is 33.1. The molecule has 0 unspecified atom stereocenters. The summed E-state index contributed by atoms with van der Waals surface area (Å²) in [5.41, 5.74) is 1.58. The van der Waals surface area contributed by atoms with Gasteiger partial charge in [-0.2, -0.15) is 0 Å². The summed E-state index contributed by atoms with van der Waals surface area (Å²) in [5, 5.41) is 0.707. The van der Waals surface area contributed by atoms with Crippen LogP contribution >= 0.6 is 23.4 Å². The molecule has 1 saturated heterocycles. The number of carbonyl (C=O) groups is 2. The molecule has 26 heavy (non-hydrogen) atoms. The lowest BCUT2D eigenvalue weighted by molar-refractivity contribution is -0.143. The van der Waals surface area contributed by atoms with Crippen LogP contribution in [0.4, 0.5) is 0 Å². The summed E-state index contributed by atoms with van der Waals surface area (Å²) in [5.74, 6) is 0.507. The molecule has 5 heteroatoms. The van der Waals surface area contributed by atoms with Gasteiger partial charge in [0.25, 0.3) is 0 Å². The molecule has 0 bridgehead atoms. The molecule has 1 saturated carbocycles. The number of hydrogen-bond acceptors (Lipinski definition) is 4. The molecule has 3 nitrogen and oxygen atoms in total. The highest BCUT2D eigenvalue weighted by molar-refractivity contribution is 7.99. The summed E-state index contributed by atoms with van der Waals surface area (Å²) in [6.07, 6.45) is 5.26. The SMILES string of the molecule is CC1=C2[C@H]3OC(=O)[C@@H](CSc4ccccc4Cl)[C@@H]3CC[C@@]2(C)C=CC1=O. The van der Waals surface area contributed by atoms with E-state index in [9.17, 15) is 9.59 Å². The van der Waals surface area contributed by atoms with E-state index in [1.807, 2.05) is 37.3 Å². The molecule has 0 aromatic heterocycles. The molecule has 3 aliphatic rings. The Hall–Kier alpha value is -1.52. The van der Waals surface area contributed by atoms with Gasteiger partial charge in [0.05, 0.1) is 10.9 Å². The molecule has 4 atom stereocenters. The van der Waals surface area contributed by atoms with Crippen molar-refractivity contribution in [3.8, 4) is 0 Å². The fourth-order valence-electron chi connectivity index (χ4n) is 4.50. The van der Waals surface area contributed by atoms with Crippen LogP contribution in [0.25, 0.3) is 0 Å². The molecule has 1 aliphatic heterocycles. The minimum atomic E-state index is -0.271. The fraction of sp³-hybridized carbons (Fsp3) is 0.429. The van der Waals surface area contributed by atoms with Crippen molar-refractivity contribution in [3.05, 3.63) is 52.6 Å². The quantitative estimate of drug-likeness (QED) is 0.548. The van der Waals surface area contributed by atoms with Gasteiger partial charge in [0, 0.05) is 27.6 Å². The van der Waals surface area contributed by atoms with Gasteiger partial charge in [-0.15, -0.1) is 11.8 Å². The maximum atomic E-state index is 12.6.